The molecule has 3 rings (SSSR count). The molecule has 0 aliphatic heterocycles. The van der Waals surface area contributed by atoms with E-state index in [2.05, 4.69) is 0 Å². The number of benzene rings is 1. The third-order valence-corrected chi connectivity index (χ3v) is 2.90. The first-order valence-corrected chi connectivity index (χ1v) is 5.03. The number of nitrogens with zero attached hydrogens (tertiary/aromatic N) is 1. The maximum atomic E-state index is 10.9. The molecule has 2 N–H and O–H groups in total. The number of furan rings is 1. The minimum atomic E-state index is -1.28. The highest BCUT2D eigenvalue weighted by Crippen LogP contribution is 2.38. The van der Waals surface area contributed by atoms with Crippen LogP contribution in [0.3, 0.4) is 0 Å². The topological polar surface area (TPSA) is 75.6 Å². The van der Waals surface area contributed by atoms with Gasteiger partial charge in [-0.25, -0.2) is 4.79 Å². The molecule has 0 fully saturated rings. The number of aryl methyl sites for hydroxylation is 1. The summed E-state index contributed by atoms with van der Waals surface area (Å²) in [5, 5.41) is 19.5. The molecule has 3 aromatic rings. The maximum absolute atomic E-state index is 10.9. The normalized spacial score (nSPS) is 11.4. The minimum absolute atomic E-state index is 0.328. The molecule has 0 amide bonds. The van der Waals surface area contributed by atoms with Gasteiger partial charge in [0.05, 0.1) is 5.52 Å². The first-order valence-electron chi connectivity index (χ1n) is 5.03. The van der Waals surface area contributed by atoms with Gasteiger partial charge in [-0.3, -0.25) is 0 Å². The molecule has 17 heavy (non-hydrogen) atoms. The number of aromatic carboxylic acids is 1. The van der Waals surface area contributed by atoms with E-state index in [9.17, 15) is 9.90 Å². The Morgan fingerprint density at radius 2 is 2.06 bits per heavy atom. The lowest BCUT2D eigenvalue weighted by Gasteiger charge is -1.97. The summed E-state index contributed by atoms with van der Waals surface area (Å²) >= 11 is 0. The average molecular weight is 231 g/mol. The van der Waals surface area contributed by atoms with E-state index in [0.717, 1.165) is 10.9 Å². The number of hydrogen-bond donors (Lipinski definition) is 2. The molecule has 0 saturated carbocycles. The van der Waals surface area contributed by atoms with E-state index >= 15 is 0 Å². The second kappa shape index (κ2) is 3.04. The Kier molecular flexibility index (Phi) is 1.75. The van der Waals surface area contributed by atoms with Crippen LogP contribution in [0, 0.1) is 0 Å². The second-order valence-electron chi connectivity index (χ2n) is 3.84. The molecular weight excluding hydrogens is 222 g/mol. The molecule has 0 radical (unpaired) electrons. The van der Waals surface area contributed by atoms with Crippen molar-refractivity contribution in [2.24, 2.45) is 7.05 Å². The molecule has 5 nitrogen and oxygen atoms in total. The van der Waals surface area contributed by atoms with Gasteiger partial charge in [0, 0.05) is 12.4 Å². The first kappa shape index (κ1) is 9.77. The van der Waals surface area contributed by atoms with Crippen LogP contribution >= 0.6 is 0 Å². The lowest BCUT2D eigenvalue weighted by Crippen LogP contribution is -1.94. The van der Waals surface area contributed by atoms with E-state index in [-0.39, 0.29) is 5.75 Å². The number of carboxylic acid groups (broad SMARTS) is 1. The Labute approximate surface area is 95.5 Å². The van der Waals surface area contributed by atoms with Crippen molar-refractivity contribution in [1.29, 1.82) is 0 Å². The summed E-state index contributed by atoms with van der Waals surface area (Å²) in [5.41, 5.74) is 1.69. The van der Waals surface area contributed by atoms with Crippen molar-refractivity contribution in [1.82, 2.24) is 4.57 Å². The molecule has 2 aromatic heterocycles. The molecule has 86 valence electrons. The molecule has 0 aliphatic rings. The SMILES string of the molecule is Cn1c2ccccc2c2oc(C(=O)O)c(O)c21. The number of rotatable bonds is 1. The summed E-state index contributed by atoms with van der Waals surface area (Å²) in [6.07, 6.45) is 0. The van der Waals surface area contributed by atoms with Crippen LogP contribution in [0.4, 0.5) is 0 Å². The van der Waals surface area contributed by atoms with E-state index < -0.39 is 11.7 Å². The minimum Gasteiger partial charge on any atom is -0.503 e. The third-order valence-electron chi connectivity index (χ3n) is 2.90. The van der Waals surface area contributed by atoms with Crippen molar-refractivity contribution < 1.29 is 19.4 Å². The summed E-state index contributed by atoms with van der Waals surface area (Å²) in [4.78, 5) is 10.9. The Hall–Kier alpha value is -2.43. The van der Waals surface area contributed by atoms with E-state index in [4.69, 9.17) is 9.52 Å². The van der Waals surface area contributed by atoms with E-state index in [1.54, 1.807) is 11.6 Å². The van der Waals surface area contributed by atoms with Crippen LogP contribution in [0.15, 0.2) is 28.7 Å². The van der Waals surface area contributed by atoms with Crippen molar-refractivity contribution >= 4 is 28.0 Å². The van der Waals surface area contributed by atoms with Crippen molar-refractivity contribution in [3.8, 4) is 5.75 Å². The lowest BCUT2D eigenvalue weighted by atomic mass is 10.2. The van der Waals surface area contributed by atoms with Crippen molar-refractivity contribution in [2.75, 3.05) is 0 Å². The van der Waals surface area contributed by atoms with Crippen LogP contribution in [-0.4, -0.2) is 20.7 Å². The molecule has 0 atom stereocenters. The van der Waals surface area contributed by atoms with Gasteiger partial charge in [0.1, 0.15) is 5.52 Å². The zero-order valence-corrected chi connectivity index (χ0v) is 8.97. The molecule has 0 bridgehead atoms. The van der Waals surface area contributed by atoms with Crippen molar-refractivity contribution in [2.45, 2.75) is 0 Å². The number of aromatic nitrogens is 1. The van der Waals surface area contributed by atoms with Crippen molar-refractivity contribution in [3.05, 3.63) is 30.0 Å². The number of hydrogen-bond acceptors (Lipinski definition) is 3. The molecule has 2 heterocycles. The largest absolute Gasteiger partial charge is 0.503 e. The second-order valence-corrected chi connectivity index (χ2v) is 3.84. The van der Waals surface area contributed by atoms with Crippen LogP contribution in [0.2, 0.25) is 0 Å². The predicted molar refractivity (Wildman–Crippen MR) is 61.3 cm³/mol. The zero-order chi connectivity index (χ0) is 12.2. The Balaban J connectivity index is 2.56. The summed E-state index contributed by atoms with van der Waals surface area (Å²) in [7, 11) is 1.76. The van der Waals surface area contributed by atoms with Gasteiger partial charge < -0.3 is 19.2 Å². The van der Waals surface area contributed by atoms with Gasteiger partial charge in [0.2, 0.25) is 0 Å². The predicted octanol–water partition coefficient (Wildman–Crippen LogP) is 2.33. The van der Waals surface area contributed by atoms with Gasteiger partial charge in [0.25, 0.3) is 5.76 Å². The fourth-order valence-corrected chi connectivity index (χ4v) is 2.13. The maximum Gasteiger partial charge on any atom is 0.375 e. The summed E-state index contributed by atoms with van der Waals surface area (Å²) in [6.45, 7) is 0. The molecule has 0 unspecified atom stereocenters. The highest BCUT2D eigenvalue weighted by molar-refractivity contribution is 6.09. The van der Waals surface area contributed by atoms with E-state index in [1.807, 2.05) is 24.3 Å². The molecule has 5 heteroatoms. The van der Waals surface area contributed by atoms with Gasteiger partial charge >= 0.3 is 5.97 Å². The zero-order valence-electron chi connectivity index (χ0n) is 8.97. The van der Waals surface area contributed by atoms with E-state index in [1.165, 1.54) is 0 Å². The van der Waals surface area contributed by atoms with Gasteiger partial charge in [-0.1, -0.05) is 12.1 Å². The fraction of sp³-hybridized carbons (Fsp3) is 0.0833. The van der Waals surface area contributed by atoms with Crippen LogP contribution in [0.5, 0.6) is 5.75 Å². The van der Waals surface area contributed by atoms with Gasteiger partial charge in [-0.15, -0.1) is 0 Å². The highest BCUT2D eigenvalue weighted by atomic mass is 16.4. The van der Waals surface area contributed by atoms with Gasteiger partial charge in [-0.05, 0) is 12.1 Å². The average Bonchev–Trinajstić information content (AvgIpc) is 2.78. The molecule has 1 aromatic carbocycles. The van der Waals surface area contributed by atoms with Gasteiger partial charge in [-0.2, -0.15) is 0 Å². The monoisotopic (exact) mass is 231 g/mol. The number of aromatic hydroxyl groups is 1. The number of carbonyl (C=O) groups is 1. The molecule has 0 spiro atoms. The smallest absolute Gasteiger partial charge is 0.375 e. The standard InChI is InChI=1S/C12H9NO4/c1-13-7-5-3-2-4-6(7)10-8(13)9(14)11(17-10)12(15)16/h2-5,14H,1H3,(H,15,16). The van der Waals surface area contributed by atoms with Gasteiger partial charge in [0.15, 0.2) is 11.3 Å². The number of carboxylic acids is 1. The Morgan fingerprint density at radius 3 is 2.76 bits per heavy atom. The molecule has 0 aliphatic carbocycles. The lowest BCUT2D eigenvalue weighted by molar-refractivity contribution is 0.0660. The van der Waals surface area contributed by atoms with Crippen LogP contribution in [-0.2, 0) is 7.05 Å². The third kappa shape index (κ3) is 1.10. The number of fused-ring (bicyclic) bond motifs is 3. The summed E-state index contributed by atoms with van der Waals surface area (Å²) < 4.78 is 6.94. The highest BCUT2D eigenvalue weighted by Gasteiger charge is 2.24. The van der Waals surface area contributed by atoms with Crippen LogP contribution < -0.4 is 0 Å². The Morgan fingerprint density at radius 1 is 1.35 bits per heavy atom. The first-order chi connectivity index (χ1) is 8.11. The Bertz CT molecular complexity index is 751. The van der Waals surface area contributed by atoms with Crippen LogP contribution in [0.25, 0.3) is 22.0 Å². The van der Waals surface area contributed by atoms with Crippen LogP contribution in [0.1, 0.15) is 10.6 Å². The summed E-state index contributed by atoms with van der Waals surface area (Å²) in [6, 6.07) is 7.41. The van der Waals surface area contributed by atoms with E-state index in [0.29, 0.717) is 11.1 Å². The van der Waals surface area contributed by atoms with Crippen molar-refractivity contribution in [3.63, 3.8) is 0 Å². The molecule has 0 saturated heterocycles. The fourth-order valence-electron chi connectivity index (χ4n) is 2.13. The molecular formula is C12H9NO4. The summed E-state index contributed by atoms with van der Waals surface area (Å²) in [5.74, 6) is -2.02. The quantitative estimate of drug-likeness (QED) is 0.673. The number of para-hydroxylation sites is 1.